The van der Waals surface area contributed by atoms with Gasteiger partial charge in [-0.2, -0.15) is 0 Å². The molecule has 0 aliphatic heterocycles. The van der Waals surface area contributed by atoms with E-state index in [1.807, 2.05) is 18.2 Å². The summed E-state index contributed by atoms with van der Waals surface area (Å²) in [6, 6.07) is 1.55. The van der Waals surface area contributed by atoms with E-state index in [9.17, 15) is 39.3 Å². The summed E-state index contributed by atoms with van der Waals surface area (Å²) in [6.45, 7) is 0.534. The van der Waals surface area contributed by atoms with E-state index < -0.39 is 66.5 Å². The first-order valence-corrected chi connectivity index (χ1v) is 11.5. The fraction of sp³-hybridized carbons (Fsp3) is 0.435. The van der Waals surface area contributed by atoms with Crippen LogP contribution in [0.5, 0.6) is 0 Å². The number of aliphatic hydroxyl groups is 2. The first-order chi connectivity index (χ1) is 17.4. The van der Waals surface area contributed by atoms with Gasteiger partial charge in [0.05, 0.1) is 12.7 Å². The quantitative estimate of drug-likeness (QED) is 0.125. The molecule has 2 rings (SSSR count). The number of rotatable bonds is 14. The number of aromatic nitrogens is 1. The summed E-state index contributed by atoms with van der Waals surface area (Å²) in [5, 5.41) is 36.4. The molecule has 11 N–H and O–H groups in total. The molecule has 1 heterocycles. The summed E-state index contributed by atoms with van der Waals surface area (Å²) in [5.41, 5.74) is 12.0. The highest BCUT2D eigenvalue weighted by molar-refractivity contribution is 5.95. The van der Waals surface area contributed by atoms with Crippen molar-refractivity contribution in [2.75, 3.05) is 6.61 Å². The van der Waals surface area contributed by atoms with E-state index >= 15 is 0 Å². The standard InChI is InChI=1S/C23H32N6O8/c1-11(31)19(22(35)27-16(23(36)37)6-7-18(25)32)29-21(34)17(28-20(33)14(24)10-30)8-12-9-26-15-5-3-2-4-13(12)15/h2-5,9,11,14,16-17,19,26,30-31H,6-8,10,24H2,1H3,(H2,25,32)(H,27,35)(H,28,33)(H,29,34)(H,36,37). The Morgan fingerprint density at radius 1 is 1.00 bits per heavy atom. The first kappa shape index (κ1) is 29.2. The molecule has 37 heavy (non-hydrogen) atoms. The van der Waals surface area contributed by atoms with E-state index in [1.54, 1.807) is 12.3 Å². The van der Waals surface area contributed by atoms with Crippen LogP contribution in [-0.2, 0) is 30.4 Å². The number of hydrogen-bond donors (Lipinski definition) is 9. The van der Waals surface area contributed by atoms with Crippen LogP contribution in [0.4, 0.5) is 0 Å². The number of para-hydroxylation sites is 1. The zero-order chi connectivity index (χ0) is 27.7. The van der Waals surface area contributed by atoms with E-state index in [0.717, 1.165) is 10.9 Å². The number of amides is 4. The molecule has 0 fully saturated rings. The van der Waals surface area contributed by atoms with Gasteiger partial charge >= 0.3 is 5.97 Å². The molecule has 1 aromatic carbocycles. The Labute approximate surface area is 211 Å². The number of carbonyl (C=O) groups excluding carboxylic acids is 4. The molecule has 0 aliphatic carbocycles. The number of aliphatic carboxylic acids is 1. The van der Waals surface area contributed by atoms with Crippen molar-refractivity contribution in [1.29, 1.82) is 0 Å². The zero-order valence-corrected chi connectivity index (χ0v) is 20.1. The molecular formula is C23H32N6O8. The summed E-state index contributed by atoms with van der Waals surface area (Å²) < 4.78 is 0. The van der Waals surface area contributed by atoms with Gasteiger partial charge in [0.25, 0.3) is 0 Å². The fourth-order valence-corrected chi connectivity index (χ4v) is 3.56. The lowest BCUT2D eigenvalue weighted by molar-refractivity contribution is -0.143. The van der Waals surface area contributed by atoms with Gasteiger partial charge in [0, 0.05) is 29.9 Å². The predicted molar refractivity (Wildman–Crippen MR) is 131 cm³/mol. The van der Waals surface area contributed by atoms with Crippen LogP contribution in [-0.4, -0.2) is 86.8 Å². The number of fused-ring (bicyclic) bond motifs is 1. The molecule has 14 heteroatoms. The van der Waals surface area contributed by atoms with Crippen LogP contribution in [0.1, 0.15) is 25.3 Å². The maximum Gasteiger partial charge on any atom is 0.326 e. The number of hydrogen-bond acceptors (Lipinski definition) is 8. The molecule has 0 spiro atoms. The maximum atomic E-state index is 13.2. The number of nitrogens with one attached hydrogen (secondary N) is 4. The second kappa shape index (κ2) is 13.3. The monoisotopic (exact) mass is 520 g/mol. The molecule has 0 saturated heterocycles. The number of aromatic amines is 1. The van der Waals surface area contributed by atoms with Crippen molar-refractivity contribution in [3.05, 3.63) is 36.0 Å². The van der Waals surface area contributed by atoms with E-state index in [4.69, 9.17) is 11.5 Å². The fourth-order valence-electron chi connectivity index (χ4n) is 3.56. The Morgan fingerprint density at radius 2 is 1.65 bits per heavy atom. The first-order valence-electron chi connectivity index (χ1n) is 11.5. The van der Waals surface area contributed by atoms with Gasteiger partial charge in [-0.05, 0) is 25.0 Å². The summed E-state index contributed by atoms with van der Waals surface area (Å²) >= 11 is 0. The normalized spacial score (nSPS) is 15.1. The smallest absolute Gasteiger partial charge is 0.326 e. The molecule has 0 radical (unpaired) electrons. The SMILES string of the molecule is CC(O)C(NC(=O)C(Cc1c[nH]c2ccccc12)NC(=O)C(N)CO)C(=O)NC(CCC(N)=O)C(=O)O. The molecule has 0 aliphatic rings. The number of primary amides is 1. The molecule has 5 atom stereocenters. The van der Waals surface area contributed by atoms with Gasteiger partial charge in [-0.1, -0.05) is 18.2 Å². The molecule has 4 amide bonds. The Morgan fingerprint density at radius 3 is 2.24 bits per heavy atom. The van der Waals surface area contributed by atoms with Crippen LogP contribution in [0.15, 0.2) is 30.5 Å². The second-order valence-electron chi connectivity index (χ2n) is 8.55. The summed E-state index contributed by atoms with van der Waals surface area (Å²) in [6.07, 6.45) is -0.455. The average Bonchev–Trinajstić information content (AvgIpc) is 3.25. The molecule has 0 bridgehead atoms. The minimum atomic E-state index is -1.60. The lowest BCUT2D eigenvalue weighted by Crippen LogP contribution is -2.60. The molecule has 2 aromatic rings. The molecular weight excluding hydrogens is 488 g/mol. The van der Waals surface area contributed by atoms with Crippen LogP contribution in [0.3, 0.4) is 0 Å². The van der Waals surface area contributed by atoms with Gasteiger partial charge in [0.1, 0.15) is 24.2 Å². The van der Waals surface area contributed by atoms with Crippen molar-refractivity contribution in [3.8, 4) is 0 Å². The van der Waals surface area contributed by atoms with E-state index in [-0.39, 0.29) is 19.3 Å². The Kier molecular flexibility index (Phi) is 10.5. The number of aliphatic hydroxyl groups excluding tert-OH is 2. The number of nitrogens with two attached hydrogens (primary N) is 2. The molecule has 0 saturated carbocycles. The highest BCUT2D eigenvalue weighted by Gasteiger charge is 2.33. The minimum absolute atomic E-state index is 0.0375. The third-order valence-corrected chi connectivity index (χ3v) is 5.62. The van der Waals surface area contributed by atoms with Gasteiger partial charge in [-0.25, -0.2) is 4.79 Å². The van der Waals surface area contributed by atoms with Crippen molar-refractivity contribution >= 4 is 40.5 Å². The molecule has 5 unspecified atom stereocenters. The lowest BCUT2D eigenvalue weighted by Gasteiger charge is -2.26. The number of benzene rings is 1. The number of H-pyrrole nitrogens is 1. The van der Waals surface area contributed by atoms with Crippen molar-refractivity contribution in [2.24, 2.45) is 11.5 Å². The van der Waals surface area contributed by atoms with E-state index in [1.165, 1.54) is 6.92 Å². The number of carboxylic acids is 1. The van der Waals surface area contributed by atoms with Crippen molar-refractivity contribution in [2.45, 2.75) is 56.5 Å². The Bertz CT molecular complexity index is 1130. The average molecular weight is 521 g/mol. The van der Waals surface area contributed by atoms with Crippen molar-refractivity contribution in [1.82, 2.24) is 20.9 Å². The van der Waals surface area contributed by atoms with Gasteiger partial charge in [0.2, 0.25) is 23.6 Å². The Hall–Kier alpha value is -4.01. The summed E-state index contributed by atoms with van der Waals surface area (Å²) in [5.74, 6) is -4.92. The molecule has 202 valence electrons. The van der Waals surface area contributed by atoms with Gasteiger partial charge < -0.3 is 47.7 Å². The number of carboxylic acid groups (broad SMARTS) is 1. The maximum absolute atomic E-state index is 13.2. The largest absolute Gasteiger partial charge is 0.480 e. The topological polar surface area (TPSA) is 250 Å². The third-order valence-electron chi connectivity index (χ3n) is 5.62. The van der Waals surface area contributed by atoms with Gasteiger partial charge in [-0.15, -0.1) is 0 Å². The van der Waals surface area contributed by atoms with Crippen LogP contribution in [0.25, 0.3) is 10.9 Å². The van der Waals surface area contributed by atoms with Gasteiger partial charge in [-0.3, -0.25) is 19.2 Å². The summed E-state index contributed by atoms with van der Waals surface area (Å²) in [4.78, 5) is 63.8. The van der Waals surface area contributed by atoms with Crippen molar-refractivity contribution < 1.29 is 39.3 Å². The highest BCUT2D eigenvalue weighted by atomic mass is 16.4. The van der Waals surface area contributed by atoms with Crippen LogP contribution in [0.2, 0.25) is 0 Å². The van der Waals surface area contributed by atoms with Crippen LogP contribution >= 0.6 is 0 Å². The second-order valence-corrected chi connectivity index (χ2v) is 8.55. The molecule has 14 nitrogen and oxygen atoms in total. The zero-order valence-electron chi connectivity index (χ0n) is 20.1. The van der Waals surface area contributed by atoms with Crippen LogP contribution in [0, 0.1) is 0 Å². The lowest BCUT2D eigenvalue weighted by atomic mass is 10.0. The third kappa shape index (κ3) is 8.27. The number of carbonyl (C=O) groups is 5. The van der Waals surface area contributed by atoms with Crippen LogP contribution < -0.4 is 27.4 Å². The summed E-state index contributed by atoms with van der Waals surface area (Å²) in [7, 11) is 0. The Balaban J connectivity index is 2.25. The van der Waals surface area contributed by atoms with E-state index in [2.05, 4.69) is 20.9 Å². The van der Waals surface area contributed by atoms with Gasteiger partial charge in [0.15, 0.2) is 0 Å². The minimum Gasteiger partial charge on any atom is -0.480 e. The highest BCUT2D eigenvalue weighted by Crippen LogP contribution is 2.19. The molecule has 1 aromatic heterocycles. The van der Waals surface area contributed by atoms with Crippen molar-refractivity contribution in [3.63, 3.8) is 0 Å². The predicted octanol–water partition coefficient (Wildman–Crippen LogP) is -2.78. The van der Waals surface area contributed by atoms with E-state index in [0.29, 0.717) is 5.56 Å².